The molecule has 0 aromatic heterocycles. The van der Waals surface area contributed by atoms with Crippen molar-refractivity contribution in [3.05, 3.63) is 39.9 Å². The molecule has 1 aliphatic carbocycles. The minimum atomic E-state index is -0.902. The zero-order valence-electron chi connectivity index (χ0n) is 13.3. The summed E-state index contributed by atoms with van der Waals surface area (Å²) in [4.78, 5) is 44.4. The zero-order chi connectivity index (χ0) is 18.1. The van der Waals surface area contributed by atoms with E-state index < -0.39 is 11.4 Å². The summed E-state index contributed by atoms with van der Waals surface area (Å²) < 4.78 is 0. The predicted molar refractivity (Wildman–Crippen MR) is 89.4 cm³/mol. The standard InChI is InChI=1S/C17H16Cl2O5/c1-4-17(6-5-9(2)20)8-11-7-12(24-23-10(3)21)14(18)15(19)13(11)16(17)22/h4,7H,1,5-6,8H2,2-3H3. The molecule has 0 saturated heterocycles. The molecule has 0 fully saturated rings. The van der Waals surface area contributed by atoms with Crippen LogP contribution >= 0.6 is 23.2 Å². The van der Waals surface area contributed by atoms with Crippen molar-refractivity contribution in [3.8, 4) is 5.75 Å². The molecule has 7 heteroatoms. The van der Waals surface area contributed by atoms with Gasteiger partial charge in [-0.25, -0.2) is 4.79 Å². The first kappa shape index (κ1) is 18.5. The molecular formula is C17H16Cl2O5. The Morgan fingerprint density at radius 3 is 2.54 bits per heavy atom. The topological polar surface area (TPSA) is 69.7 Å². The molecule has 128 valence electrons. The SMILES string of the molecule is C=CC1(CCC(C)=O)Cc2cc(OOC(C)=O)c(Cl)c(Cl)c2C1=O. The highest BCUT2D eigenvalue weighted by Crippen LogP contribution is 2.48. The molecule has 24 heavy (non-hydrogen) atoms. The van der Waals surface area contributed by atoms with Crippen LogP contribution in [0.4, 0.5) is 0 Å². The summed E-state index contributed by atoms with van der Waals surface area (Å²) in [5.74, 6) is -0.835. The van der Waals surface area contributed by atoms with Gasteiger partial charge in [0.05, 0.1) is 10.4 Å². The number of Topliss-reactive ketones (excluding diaryl/α,β-unsaturated/α-hetero) is 2. The van der Waals surface area contributed by atoms with E-state index in [2.05, 4.69) is 11.5 Å². The second-order valence-corrected chi connectivity index (χ2v) is 6.52. The Morgan fingerprint density at radius 1 is 1.33 bits per heavy atom. The van der Waals surface area contributed by atoms with Crippen molar-refractivity contribution in [2.75, 3.05) is 0 Å². The normalized spacial score (nSPS) is 18.9. The summed E-state index contributed by atoms with van der Waals surface area (Å²) in [7, 11) is 0. The lowest BCUT2D eigenvalue weighted by Gasteiger charge is -2.22. The molecule has 1 aromatic rings. The van der Waals surface area contributed by atoms with Crippen molar-refractivity contribution >= 4 is 40.7 Å². The Labute approximate surface area is 149 Å². The number of rotatable bonds is 6. The summed E-state index contributed by atoms with van der Waals surface area (Å²) >= 11 is 12.3. The van der Waals surface area contributed by atoms with Gasteiger partial charge in [0, 0.05) is 18.9 Å². The molecule has 0 N–H and O–H groups in total. The summed E-state index contributed by atoms with van der Waals surface area (Å²) in [5.41, 5.74) is 0.00130. The van der Waals surface area contributed by atoms with Crippen LogP contribution in [0.5, 0.6) is 5.75 Å². The van der Waals surface area contributed by atoms with Crippen molar-refractivity contribution < 1.29 is 24.2 Å². The Kier molecular flexibility index (Phi) is 5.35. The number of carbonyl (C=O) groups is 3. The zero-order valence-corrected chi connectivity index (χ0v) is 14.8. The fourth-order valence-electron chi connectivity index (χ4n) is 2.74. The van der Waals surface area contributed by atoms with Gasteiger partial charge in [-0.3, -0.25) is 14.6 Å². The fourth-order valence-corrected chi connectivity index (χ4v) is 3.22. The van der Waals surface area contributed by atoms with Crippen LogP contribution in [0.3, 0.4) is 0 Å². The van der Waals surface area contributed by atoms with Gasteiger partial charge in [0.2, 0.25) is 0 Å². The van der Waals surface area contributed by atoms with Gasteiger partial charge < -0.3 is 4.79 Å². The average Bonchev–Trinajstić information content (AvgIpc) is 2.80. The molecule has 2 rings (SSSR count). The molecule has 1 aliphatic rings. The molecular weight excluding hydrogens is 355 g/mol. The van der Waals surface area contributed by atoms with E-state index in [-0.39, 0.29) is 33.8 Å². The maximum atomic E-state index is 12.9. The Bertz CT molecular complexity index is 741. The fraction of sp³-hybridized carbons (Fsp3) is 0.353. The lowest BCUT2D eigenvalue weighted by atomic mass is 9.79. The van der Waals surface area contributed by atoms with E-state index >= 15 is 0 Å². The predicted octanol–water partition coefficient (Wildman–Crippen LogP) is 4.13. The van der Waals surface area contributed by atoms with Gasteiger partial charge in [0.25, 0.3) is 0 Å². The number of hydrogen-bond acceptors (Lipinski definition) is 5. The van der Waals surface area contributed by atoms with Crippen LogP contribution in [0.25, 0.3) is 0 Å². The van der Waals surface area contributed by atoms with Crippen molar-refractivity contribution in [2.45, 2.75) is 33.1 Å². The van der Waals surface area contributed by atoms with Gasteiger partial charge >= 0.3 is 5.97 Å². The minimum absolute atomic E-state index is 0.0111. The molecule has 1 unspecified atom stereocenters. The van der Waals surface area contributed by atoms with E-state index in [0.29, 0.717) is 24.0 Å². The number of allylic oxidation sites excluding steroid dienone is 1. The second-order valence-electron chi connectivity index (χ2n) is 5.76. The number of halogens is 2. The molecule has 0 aliphatic heterocycles. The number of hydrogen-bond donors (Lipinski definition) is 0. The van der Waals surface area contributed by atoms with Crippen LogP contribution in [0.15, 0.2) is 18.7 Å². The average molecular weight is 371 g/mol. The van der Waals surface area contributed by atoms with Crippen molar-refractivity contribution in [3.63, 3.8) is 0 Å². The molecule has 0 spiro atoms. The summed E-state index contributed by atoms with van der Waals surface area (Å²) in [6.45, 7) is 6.40. The van der Waals surface area contributed by atoms with Crippen LogP contribution in [-0.2, 0) is 20.9 Å². The first-order chi connectivity index (χ1) is 11.2. The van der Waals surface area contributed by atoms with Crippen LogP contribution in [0, 0.1) is 5.41 Å². The highest BCUT2D eigenvalue weighted by molar-refractivity contribution is 6.45. The lowest BCUT2D eigenvalue weighted by molar-refractivity contribution is -0.210. The van der Waals surface area contributed by atoms with Crippen molar-refractivity contribution in [2.24, 2.45) is 5.41 Å². The summed E-state index contributed by atoms with van der Waals surface area (Å²) in [6, 6.07) is 1.52. The third-order valence-corrected chi connectivity index (χ3v) is 4.85. The molecule has 1 aromatic carbocycles. The first-order valence-electron chi connectivity index (χ1n) is 7.25. The highest BCUT2D eigenvalue weighted by Gasteiger charge is 2.45. The van der Waals surface area contributed by atoms with Crippen LogP contribution in [-0.4, -0.2) is 17.5 Å². The minimum Gasteiger partial charge on any atom is -0.300 e. The van der Waals surface area contributed by atoms with Crippen molar-refractivity contribution in [1.82, 2.24) is 0 Å². The van der Waals surface area contributed by atoms with Crippen LogP contribution in [0.2, 0.25) is 10.0 Å². The first-order valence-corrected chi connectivity index (χ1v) is 8.01. The lowest BCUT2D eigenvalue weighted by Crippen LogP contribution is -2.26. The Balaban J connectivity index is 2.42. The van der Waals surface area contributed by atoms with Crippen molar-refractivity contribution in [1.29, 1.82) is 0 Å². The van der Waals surface area contributed by atoms with E-state index in [1.807, 2.05) is 0 Å². The van der Waals surface area contributed by atoms with E-state index in [1.54, 1.807) is 6.08 Å². The summed E-state index contributed by atoms with van der Waals surface area (Å²) in [6.07, 6.45) is 2.47. The van der Waals surface area contributed by atoms with Gasteiger partial charge in [-0.15, -0.1) is 6.58 Å². The monoisotopic (exact) mass is 370 g/mol. The molecule has 0 radical (unpaired) electrons. The van der Waals surface area contributed by atoms with Gasteiger partial charge in [0.1, 0.15) is 10.8 Å². The third kappa shape index (κ3) is 3.32. The van der Waals surface area contributed by atoms with Gasteiger partial charge in [-0.2, -0.15) is 0 Å². The molecule has 0 bridgehead atoms. The van der Waals surface area contributed by atoms with E-state index in [9.17, 15) is 14.4 Å². The third-order valence-electron chi connectivity index (χ3n) is 4.00. The van der Waals surface area contributed by atoms with Crippen LogP contribution < -0.4 is 4.89 Å². The maximum Gasteiger partial charge on any atom is 0.352 e. The Hall–Kier alpha value is -1.85. The summed E-state index contributed by atoms with van der Waals surface area (Å²) in [5, 5.41) is 0.0179. The molecule has 1 atom stereocenters. The number of benzene rings is 1. The largest absolute Gasteiger partial charge is 0.352 e. The highest BCUT2D eigenvalue weighted by atomic mass is 35.5. The number of ketones is 2. The van der Waals surface area contributed by atoms with E-state index in [1.165, 1.54) is 19.9 Å². The molecule has 0 amide bonds. The van der Waals surface area contributed by atoms with E-state index in [0.717, 1.165) is 0 Å². The van der Waals surface area contributed by atoms with Gasteiger partial charge in [0.15, 0.2) is 11.5 Å². The van der Waals surface area contributed by atoms with Gasteiger partial charge in [-0.05, 0) is 31.4 Å². The van der Waals surface area contributed by atoms with Crippen LogP contribution in [0.1, 0.15) is 42.6 Å². The number of carbonyl (C=O) groups excluding carboxylic acids is 3. The van der Waals surface area contributed by atoms with Gasteiger partial charge in [-0.1, -0.05) is 29.3 Å². The second kappa shape index (κ2) is 6.95. The molecule has 5 nitrogen and oxygen atoms in total. The maximum absolute atomic E-state index is 12.9. The van der Waals surface area contributed by atoms with E-state index in [4.69, 9.17) is 28.1 Å². The Morgan fingerprint density at radius 2 is 2.00 bits per heavy atom. The quantitative estimate of drug-likeness (QED) is 0.427. The molecule has 0 heterocycles. The number of fused-ring (bicyclic) bond motifs is 1. The molecule has 0 saturated carbocycles. The smallest absolute Gasteiger partial charge is 0.300 e.